The molecule has 0 aliphatic heterocycles. The van der Waals surface area contributed by atoms with Gasteiger partial charge in [-0.3, -0.25) is 4.79 Å². The standard InChI is InChI=1S/C49H64N2O4/c1-31(2)7-6-8-32(3)43-20-21-44-42-19-14-36-29-41(23-25-48(36,4)45(42)24-26-49(43,44)5)54-39-15-9-33(10-16-39)11-22-46(52)34-12-17-40(18-13-34)55-47(53)35-27-37(50)30-38(51)28-35/h9-13,15-18,22,27-28,30-32,36,41-45H,6-8,14,19-21,23-26,29,50-51H2,1-5H3/b22-11+/t32-,36?,41?,42+,43-,44+,45+,48+,49-/m1/s1. The second kappa shape index (κ2) is 16.2. The molecule has 0 amide bonds. The first-order chi connectivity index (χ1) is 26.3. The molecule has 4 saturated carbocycles. The van der Waals surface area contributed by atoms with Crippen molar-refractivity contribution in [2.45, 2.75) is 118 Å². The summed E-state index contributed by atoms with van der Waals surface area (Å²) in [7, 11) is 0. The highest BCUT2D eigenvalue weighted by Crippen LogP contribution is 2.68. The van der Waals surface area contributed by atoms with Crippen molar-refractivity contribution in [3.05, 3.63) is 89.5 Å². The minimum Gasteiger partial charge on any atom is -0.490 e. The van der Waals surface area contributed by atoms with Gasteiger partial charge in [-0.05, 0) is 176 Å². The summed E-state index contributed by atoms with van der Waals surface area (Å²) in [5, 5.41) is 0. The number of benzene rings is 3. The topological polar surface area (TPSA) is 105 Å². The fraction of sp³-hybridized carbons (Fsp3) is 0.551. The molecule has 0 aromatic heterocycles. The van der Waals surface area contributed by atoms with E-state index in [1.54, 1.807) is 36.4 Å². The van der Waals surface area contributed by atoms with Crippen LogP contribution >= 0.6 is 0 Å². The summed E-state index contributed by atoms with van der Waals surface area (Å²) in [5.74, 6) is 6.62. The minimum atomic E-state index is -0.568. The maximum atomic E-state index is 12.9. The Morgan fingerprint density at radius 1 is 0.764 bits per heavy atom. The highest BCUT2D eigenvalue weighted by molar-refractivity contribution is 6.07. The van der Waals surface area contributed by atoms with Crippen LogP contribution < -0.4 is 20.9 Å². The number of ketones is 1. The Bertz CT molecular complexity index is 1830. The van der Waals surface area contributed by atoms with Gasteiger partial charge < -0.3 is 20.9 Å². The molecule has 0 radical (unpaired) electrons. The van der Waals surface area contributed by atoms with Crippen molar-refractivity contribution in [1.29, 1.82) is 0 Å². The quantitative estimate of drug-likeness (QED) is 0.0629. The van der Waals surface area contributed by atoms with Crippen molar-refractivity contribution in [2.24, 2.45) is 52.3 Å². The van der Waals surface area contributed by atoms with Gasteiger partial charge in [0.25, 0.3) is 0 Å². The third-order valence-corrected chi connectivity index (χ3v) is 15.0. The number of hydrogen-bond acceptors (Lipinski definition) is 6. The zero-order valence-corrected chi connectivity index (χ0v) is 33.9. The van der Waals surface area contributed by atoms with Crippen molar-refractivity contribution in [3.8, 4) is 11.5 Å². The van der Waals surface area contributed by atoms with Crippen LogP contribution in [0.2, 0.25) is 0 Å². The molecule has 7 rings (SSSR count). The molecule has 9 atom stereocenters. The normalized spacial score (nSPS) is 30.7. The summed E-state index contributed by atoms with van der Waals surface area (Å²) in [6.45, 7) is 12.7. The van der Waals surface area contributed by atoms with Crippen LogP contribution in [0.4, 0.5) is 11.4 Å². The number of ether oxygens (including phenoxy) is 2. The molecular formula is C49H64N2O4. The summed E-state index contributed by atoms with van der Waals surface area (Å²) < 4.78 is 12.1. The predicted octanol–water partition coefficient (Wildman–Crippen LogP) is 11.8. The first-order valence-electron chi connectivity index (χ1n) is 21.3. The number of hydrogen-bond donors (Lipinski definition) is 2. The van der Waals surface area contributed by atoms with E-state index in [0.717, 1.165) is 59.2 Å². The average Bonchev–Trinajstić information content (AvgIpc) is 3.51. The van der Waals surface area contributed by atoms with Gasteiger partial charge in [-0.1, -0.05) is 72.1 Å². The molecule has 294 valence electrons. The molecule has 3 aromatic rings. The smallest absolute Gasteiger partial charge is 0.343 e. The number of nitrogens with two attached hydrogens (primary N) is 2. The monoisotopic (exact) mass is 744 g/mol. The van der Waals surface area contributed by atoms with E-state index < -0.39 is 5.97 Å². The molecule has 0 saturated heterocycles. The van der Waals surface area contributed by atoms with Crippen LogP contribution in [0.1, 0.15) is 138 Å². The number of nitrogen functional groups attached to an aromatic ring is 2. The Balaban J connectivity index is 0.894. The van der Waals surface area contributed by atoms with Gasteiger partial charge in [0.05, 0.1) is 11.7 Å². The van der Waals surface area contributed by atoms with Crippen LogP contribution in [0.5, 0.6) is 11.5 Å². The number of esters is 1. The second-order valence-corrected chi connectivity index (χ2v) is 18.8. The van der Waals surface area contributed by atoms with Crippen molar-refractivity contribution < 1.29 is 19.1 Å². The zero-order chi connectivity index (χ0) is 38.9. The Morgan fingerprint density at radius 2 is 1.44 bits per heavy atom. The Hall–Kier alpha value is -4.06. The molecule has 0 heterocycles. The minimum absolute atomic E-state index is 0.135. The fourth-order valence-corrected chi connectivity index (χ4v) is 12.1. The summed E-state index contributed by atoms with van der Waals surface area (Å²) >= 11 is 0. The lowest BCUT2D eigenvalue weighted by molar-refractivity contribution is -0.126. The van der Waals surface area contributed by atoms with E-state index in [4.69, 9.17) is 20.9 Å². The SMILES string of the molecule is CC(C)CCC[C@@H](C)[C@H]1CC[C@H]2[C@@H]3CCC4CC(Oc5ccc(/C=C/C(=O)c6ccc(OC(=O)c7cc(N)cc(N)c7)cc6)cc5)CC[C@]4(C)[C@H]3CC[C@]12C. The Kier molecular flexibility index (Phi) is 11.5. The second-order valence-electron chi connectivity index (χ2n) is 18.8. The van der Waals surface area contributed by atoms with Gasteiger partial charge in [0.1, 0.15) is 11.5 Å². The third-order valence-electron chi connectivity index (χ3n) is 15.0. The lowest BCUT2D eigenvalue weighted by atomic mass is 9.44. The highest BCUT2D eigenvalue weighted by atomic mass is 16.5. The number of carbonyl (C=O) groups excluding carboxylic acids is 2. The van der Waals surface area contributed by atoms with Crippen molar-refractivity contribution >= 4 is 29.2 Å². The van der Waals surface area contributed by atoms with E-state index in [1.807, 2.05) is 30.3 Å². The summed E-state index contributed by atoms with van der Waals surface area (Å²) in [5.41, 5.74) is 15.1. The summed E-state index contributed by atoms with van der Waals surface area (Å²) in [6, 6.07) is 19.2. The van der Waals surface area contributed by atoms with Gasteiger partial charge in [0.15, 0.2) is 5.78 Å². The molecule has 6 heteroatoms. The summed E-state index contributed by atoms with van der Waals surface area (Å²) in [6.07, 6.45) is 20.0. The van der Waals surface area contributed by atoms with Gasteiger partial charge >= 0.3 is 5.97 Å². The number of allylic oxidation sites excluding steroid dienone is 1. The highest BCUT2D eigenvalue weighted by Gasteiger charge is 2.60. The third kappa shape index (κ3) is 8.39. The number of rotatable bonds is 12. The van der Waals surface area contributed by atoms with E-state index in [0.29, 0.717) is 33.5 Å². The van der Waals surface area contributed by atoms with Crippen molar-refractivity contribution in [2.75, 3.05) is 11.5 Å². The van der Waals surface area contributed by atoms with Crippen LogP contribution in [0, 0.1) is 52.3 Å². The van der Waals surface area contributed by atoms with Gasteiger partial charge in [0.2, 0.25) is 0 Å². The average molecular weight is 745 g/mol. The molecule has 4 fully saturated rings. The van der Waals surface area contributed by atoms with Crippen molar-refractivity contribution in [1.82, 2.24) is 0 Å². The molecular weight excluding hydrogens is 681 g/mol. The van der Waals surface area contributed by atoms with Crippen molar-refractivity contribution in [3.63, 3.8) is 0 Å². The van der Waals surface area contributed by atoms with Crippen LogP contribution in [-0.4, -0.2) is 17.9 Å². The van der Waals surface area contributed by atoms with E-state index in [9.17, 15) is 9.59 Å². The number of anilines is 2. The van der Waals surface area contributed by atoms with Gasteiger partial charge in [0, 0.05) is 16.9 Å². The lowest BCUT2D eigenvalue weighted by Gasteiger charge is -2.61. The van der Waals surface area contributed by atoms with E-state index >= 15 is 0 Å². The zero-order valence-electron chi connectivity index (χ0n) is 33.9. The molecule has 0 spiro atoms. The molecule has 4 aliphatic carbocycles. The van der Waals surface area contributed by atoms with Crippen LogP contribution in [0.3, 0.4) is 0 Å². The van der Waals surface area contributed by atoms with Gasteiger partial charge in [-0.25, -0.2) is 4.79 Å². The number of fused-ring (bicyclic) bond motifs is 5. The van der Waals surface area contributed by atoms with Crippen LogP contribution in [0.15, 0.2) is 72.8 Å². The van der Waals surface area contributed by atoms with E-state index in [-0.39, 0.29) is 17.5 Å². The lowest BCUT2D eigenvalue weighted by Crippen LogP contribution is -2.54. The molecule has 3 aromatic carbocycles. The number of carbonyl (C=O) groups is 2. The maximum Gasteiger partial charge on any atom is 0.343 e. The van der Waals surface area contributed by atoms with Crippen LogP contribution in [-0.2, 0) is 0 Å². The van der Waals surface area contributed by atoms with E-state index in [1.165, 1.54) is 82.8 Å². The molecule has 0 bridgehead atoms. The van der Waals surface area contributed by atoms with Crippen LogP contribution in [0.25, 0.3) is 6.08 Å². The molecule has 6 nitrogen and oxygen atoms in total. The van der Waals surface area contributed by atoms with Gasteiger partial charge in [-0.15, -0.1) is 0 Å². The molecule has 4 N–H and O–H groups in total. The summed E-state index contributed by atoms with van der Waals surface area (Å²) in [4.78, 5) is 25.4. The van der Waals surface area contributed by atoms with Gasteiger partial charge in [-0.2, -0.15) is 0 Å². The fourth-order valence-electron chi connectivity index (χ4n) is 12.1. The molecule has 55 heavy (non-hydrogen) atoms. The first kappa shape index (κ1) is 39.2. The Morgan fingerprint density at radius 3 is 2.15 bits per heavy atom. The maximum absolute atomic E-state index is 12.9. The van der Waals surface area contributed by atoms with E-state index in [2.05, 4.69) is 34.6 Å². The molecule has 2 unspecified atom stereocenters. The first-order valence-corrected chi connectivity index (χ1v) is 21.3. The molecule has 4 aliphatic rings. The predicted molar refractivity (Wildman–Crippen MR) is 224 cm³/mol. The largest absolute Gasteiger partial charge is 0.490 e. The Labute approximate surface area is 329 Å².